The van der Waals surface area contributed by atoms with Gasteiger partial charge in [0.25, 0.3) is 0 Å². The molecule has 25 heavy (non-hydrogen) atoms. The Labute approximate surface area is 148 Å². The minimum Gasteiger partial charge on any atom is -0.490 e. The maximum Gasteiger partial charge on any atom is 0.244 e. The van der Waals surface area contributed by atoms with E-state index in [-0.39, 0.29) is 5.91 Å². The van der Waals surface area contributed by atoms with Crippen molar-refractivity contribution in [3.8, 4) is 5.75 Å². The molecular weight excluding hydrogens is 312 g/mol. The molecule has 0 atom stereocenters. The molecule has 130 valence electrons. The van der Waals surface area contributed by atoms with E-state index in [1.165, 1.54) is 25.3 Å². The molecule has 4 nitrogen and oxygen atoms in total. The molecule has 1 fully saturated rings. The number of nitrogens with one attached hydrogen (secondary N) is 1. The lowest BCUT2D eigenvalue weighted by Gasteiger charge is -2.23. The van der Waals surface area contributed by atoms with Gasteiger partial charge < -0.3 is 10.1 Å². The van der Waals surface area contributed by atoms with Gasteiger partial charge in [0.2, 0.25) is 5.91 Å². The predicted molar refractivity (Wildman–Crippen MR) is 99.1 cm³/mol. The van der Waals surface area contributed by atoms with Crippen LogP contribution in [0.4, 0.5) is 0 Å². The van der Waals surface area contributed by atoms with Crippen molar-refractivity contribution < 1.29 is 9.53 Å². The first kappa shape index (κ1) is 17.2. The molecule has 1 aromatic carbocycles. The number of ether oxygens (including phenoxy) is 1. The van der Waals surface area contributed by atoms with Crippen LogP contribution in [0.3, 0.4) is 0 Å². The second kappa shape index (κ2) is 9.02. The van der Waals surface area contributed by atoms with Gasteiger partial charge in [-0.1, -0.05) is 24.6 Å². The molecule has 1 N–H and O–H groups in total. The number of hydrogen-bond donors (Lipinski definition) is 1. The zero-order valence-corrected chi connectivity index (χ0v) is 14.4. The van der Waals surface area contributed by atoms with Crippen molar-refractivity contribution in [2.45, 2.75) is 44.8 Å². The van der Waals surface area contributed by atoms with Crippen molar-refractivity contribution in [3.05, 3.63) is 66.0 Å². The van der Waals surface area contributed by atoms with E-state index in [0.29, 0.717) is 12.6 Å². The molecular formula is C21H24N2O2. The Bertz CT molecular complexity index is 707. The molecule has 1 saturated carbocycles. The Balaban J connectivity index is 1.50. The highest BCUT2D eigenvalue weighted by molar-refractivity contribution is 5.91. The molecule has 0 radical (unpaired) electrons. The number of benzene rings is 1. The SMILES string of the molecule is O=C(/C=C/c1cccnc1)NCc1cccc(OC2CCCCC2)c1. The summed E-state index contributed by atoms with van der Waals surface area (Å²) in [5, 5.41) is 2.90. The van der Waals surface area contributed by atoms with Crippen LogP contribution in [0.1, 0.15) is 43.2 Å². The van der Waals surface area contributed by atoms with Crippen molar-refractivity contribution in [2.24, 2.45) is 0 Å². The third-order valence-corrected chi connectivity index (χ3v) is 4.33. The standard InChI is InChI=1S/C21H24N2O2/c24-21(12-11-17-7-5-13-22-15-17)23-16-18-6-4-10-20(14-18)25-19-8-2-1-3-9-19/h4-7,10-15,19H,1-3,8-9,16H2,(H,23,24)/b12-11+. The summed E-state index contributed by atoms with van der Waals surface area (Å²) in [7, 11) is 0. The van der Waals surface area contributed by atoms with Crippen molar-refractivity contribution in [1.29, 1.82) is 0 Å². The minimum absolute atomic E-state index is 0.123. The number of carbonyl (C=O) groups excluding carboxylic acids is 1. The zero-order chi connectivity index (χ0) is 17.3. The lowest BCUT2D eigenvalue weighted by atomic mass is 9.98. The summed E-state index contributed by atoms with van der Waals surface area (Å²) in [5.74, 6) is 0.770. The molecule has 1 aliphatic rings. The van der Waals surface area contributed by atoms with E-state index in [0.717, 1.165) is 29.7 Å². The number of pyridine rings is 1. The molecule has 1 aliphatic carbocycles. The second-order valence-corrected chi connectivity index (χ2v) is 6.36. The molecule has 4 heteroatoms. The zero-order valence-electron chi connectivity index (χ0n) is 14.4. The summed E-state index contributed by atoms with van der Waals surface area (Å²) in [4.78, 5) is 16.0. The summed E-state index contributed by atoms with van der Waals surface area (Å²) < 4.78 is 6.07. The number of carbonyl (C=O) groups is 1. The third kappa shape index (κ3) is 5.75. The number of hydrogen-bond acceptors (Lipinski definition) is 3. The van der Waals surface area contributed by atoms with Gasteiger partial charge in [0.05, 0.1) is 6.10 Å². The normalized spacial score (nSPS) is 15.2. The third-order valence-electron chi connectivity index (χ3n) is 4.33. The van der Waals surface area contributed by atoms with Crippen LogP contribution in [0.2, 0.25) is 0 Å². The molecule has 0 bridgehead atoms. The van der Waals surface area contributed by atoms with Gasteiger partial charge in [-0.15, -0.1) is 0 Å². The fourth-order valence-electron chi connectivity index (χ4n) is 3.00. The van der Waals surface area contributed by atoms with Gasteiger partial charge in [-0.3, -0.25) is 9.78 Å². The molecule has 1 heterocycles. The Kier molecular flexibility index (Phi) is 6.21. The van der Waals surface area contributed by atoms with Crippen molar-refractivity contribution in [1.82, 2.24) is 10.3 Å². The summed E-state index contributed by atoms with van der Waals surface area (Å²) in [6, 6.07) is 11.7. The van der Waals surface area contributed by atoms with Gasteiger partial charge in [-0.2, -0.15) is 0 Å². The van der Waals surface area contributed by atoms with E-state index in [4.69, 9.17) is 4.74 Å². The molecule has 3 rings (SSSR count). The van der Waals surface area contributed by atoms with E-state index in [9.17, 15) is 4.79 Å². The van der Waals surface area contributed by atoms with Crippen LogP contribution in [-0.2, 0) is 11.3 Å². The molecule has 0 saturated heterocycles. The summed E-state index contributed by atoms with van der Waals surface area (Å²) in [6.45, 7) is 0.484. The molecule has 1 amide bonds. The van der Waals surface area contributed by atoms with Crippen LogP contribution in [-0.4, -0.2) is 17.0 Å². The first-order chi connectivity index (χ1) is 12.3. The predicted octanol–water partition coefficient (Wildman–Crippen LogP) is 4.12. The van der Waals surface area contributed by atoms with Gasteiger partial charge in [0.15, 0.2) is 0 Å². The number of nitrogens with zero attached hydrogens (tertiary/aromatic N) is 1. The van der Waals surface area contributed by atoms with E-state index in [2.05, 4.69) is 10.3 Å². The maximum absolute atomic E-state index is 11.9. The van der Waals surface area contributed by atoms with Crippen LogP contribution in [0.15, 0.2) is 54.9 Å². The Morgan fingerprint density at radius 1 is 1.20 bits per heavy atom. The first-order valence-corrected chi connectivity index (χ1v) is 8.91. The highest BCUT2D eigenvalue weighted by Crippen LogP contribution is 2.23. The number of aromatic nitrogens is 1. The average molecular weight is 336 g/mol. The van der Waals surface area contributed by atoms with E-state index >= 15 is 0 Å². The summed E-state index contributed by atoms with van der Waals surface area (Å²) >= 11 is 0. The maximum atomic E-state index is 11.9. The second-order valence-electron chi connectivity index (χ2n) is 6.36. The lowest BCUT2D eigenvalue weighted by molar-refractivity contribution is -0.116. The molecule has 0 spiro atoms. The quantitative estimate of drug-likeness (QED) is 0.807. The van der Waals surface area contributed by atoms with Crippen LogP contribution in [0.25, 0.3) is 6.08 Å². The minimum atomic E-state index is -0.123. The van der Waals surface area contributed by atoms with Crippen molar-refractivity contribution in [2.75, 3.05) is 0 Å². The first-order valence-electron chi connectivity index (χ1n) is 8.91. The Morgan fingerprint density at radius 2 is 2.08 bits per heavy atom. The lowest BCUT2D eigenvalue weighted by Crippen LogP contribution is -2.21. The molecule has 2 aromatic rings. The van der Waals surface area contributed by atoms with Gasteiger partial charge in [0.1, 0.15) is 5.75 Å². The fraction of sp³-hybridized carbons (Fsp3) is 0.333. The summed E-state index contributed by atoms with van der Waals surface area (Å²) in [5.41, 5.74) is 1.94. The van der Waals surface area contributed by atoms with Gasteiger partial charge >= 0.3 is 0 Å². The Hall–Kier alpha value is -2.62. The largest absolute Gasteiger partial charge is 0.490 e. The van der Waals surface area contributed by atoms with E-state index < -0.39 is 0 Å². The molecule has 1 aromatic heterocycles. The number of rotatable bonds is 6. The molecule has 0 aliphatic heterocycles. The highest BCUT2D eigenvalue weighted by Gasteiger charge is 2.14. The summed E-state index contributed by atoms with van der Waals surface area (Å²) in [6.07, 6.45) is 13.1. The monoisotopic (exact) mass is 336 g/mol. The smallest absolute Gasteiger partial charge is 0.244 e. The van der Waals surface area contributed by atoms with Gasteiger partial charge in [0, 0.05) is 25.0 Å². The van der Waals surface area contributed by atoms with Crippen molar-refractivity contribution >= 4 is 12.0 Å². The average Bonchev–Trinajstić information content (AvgIpc) is 2.67. The van der Waals surface area contributed by atoms with Crippen LogP contribution >= 0.6 is 0 Å². The van der Waals surface area contributed by atoms with Crippen molar-refractivity contribution in [3.63, 3.8) is 0 Å². The fourth-order valence-corrected chi connectivity index (χ4v) is 3.00. The van der Waals surface area contributed by atoms with Crippen LogP contribution in [0.5, 0.6) is 5.75 Å². The topological polar surface area (TPSA) is 51.2 Å². The van der Waals surface area contributed by atoms with E-state index in [1.54, 1.807) is 18.5 Å². The highest BCUT2D eigenvalue weighted by atomic mass is 16.5. The number of amides is 1. The Morgan fingerprint density at radius 3 is 2.88 bits per heavy atom. The van der Waals surface area contributed by atoms with Gasteiger partial charge in [-0.05, 0) is 61.1 Å². The van der Waals surface area contributed by atoms with Crippen LogP contribution < -0.4 is 10.1 Å². The molecule has 0 unspecified atom stereocenters. The van der Waals surface area contributed by atoms with Gasteiger partial charge in [-0.25, -0.2) is 0 Å². The van der Waals surface area contributed by atoms with Crippen LogP contribution in [0, 0.1) is 0 Å². The van der Waals surface area contributed by atoms with E-state index in [1.807, 2.05) is 36.4 Å².